The van der Waals surface area contributed by atoms with Crippen molar-refractivity contribution in [1.29, 1.82) is 0 Å². The zero-order chi connectivity index (χ0) is 9.40. The molecule has 0 amide bonds. The number of ether oxygens (including phenoxy) is 2. The van der Waals surface area contributed by atoms with Crippen molar-refractivity contribution in [2.24, 2.45) is 0 Å². The molecule has 0 aromatic heterocycles. The molecule has 0 aliphatic heterocycles. The fraction of sp³-hybridized carbons (Fsp3) is 0.625. The maximum atomic E-state index is 11.0. The number of rotatable bonds is 5. The summed E-state index contributed by atoms with van der Waals surface area (Å²) in [6.45, 7) is 2.20. The van der Waals surface area contributed by atoms with E-state index in [1.807, 2.05) is 0 Å². The molecule has 12 heavy (non-hydrogen) atoms. The summed E-state index contributed by atoms with van der Waals surface area (Å²) < 4.78 is 9.61. The van der Waals surface area contributed by atoms with Crippen molar-refractivity contribution < 1.29 is 14.3 Å². The van der Waals surface area contributed by atoms with Crippen LogP contribution in [0.5, 0.6) is 0 Å². The molecule has 70 valence electrons. The van der Waals surface area contributed by atoms with Gasteiger partial charge < -0.3 is 9.47 Å². The summed E-state index contributed by atoms with van der Waals surface area (Å²) in [4.78, 5) is 11.0. The molecule has 3 nitrogen and oxygen atoms in total. The molecule has 0 rings (SSSR count). The van der Waals surface area contributed by atoms with Gasteiger partial charge in [-0.1, -0.05) is 6.04 Å². The van der Waals surface area contributed by atoms with Gasteiger partial charge in [0.05, 0.1) is 25.6 Å². The van der Waals surface area contributed by atoms with Gasteiger partial charge in [0.1, 0.15) is 0 Å². The summed E-state index contributed by atoms with van der Waals surface area (Å²) in [7, 11) is 2.67. The van der Waals surface area contributed by atoms with Crippen LogP contribution in [-0.2, 0) is 14.3 Å². The van der Waals surface area contributed by atoms with Gasteiger partial charge in [0.25, 0.3) is 0 Å². The lowest BCUT2D eigenvalue weighted by Crippen LogP contribution is -2.07. The number of hydrogen-bond acceptors (Lipinski definition) is 3. The molecule has 0 aliphatic rings. The first-order chi connectivity index (χ1) is 5.72. The molecule has 0 N–H and O–H groups in total. The van der Waals surface area contributed by atoms with E-state index in [2.05, 4.69) is 4.74 Å². The first-order valence-corrected chi connectivity index (χ1v) is 5.50. The predicted molar refractivity (Wildman–Crippen MR) is 51.1 cm³/mol. The van der Waals surface area contributed by atoms with Crippen LogP contribution in [0.25, 0.3) is 0 Å². The Balaban J connectivity index is 3.64. The molecule has 0 unspecified atom stereocenters. The highest BCUT2D eigenvalue weighted by Crippen LogP contribution is 1.97. The van der Waals surface area contributed by atoms with E-state index in [0.717, 1.165) is 6.42 Å². The summed E-state index contributed by atoms with van der Waals surface area (Å²) in [6, 6.07) is 1.17. The van der Waals surface area contributed by atoms with Crippen LogP contribution in [0.15, 0.2) is 11.8 Å². The lowest BCUT2D eigenvalue weighted by atomic mass is 10.3. The SMILES string of the molecule is COC=C(C)C(=O)OCCC[SiH3]. The minimum atomic E-state index is -0.285. The highest BCUT2D eigenvalue weighted by Gasteiger charge is 2.04. The molecule has 0 saturated heterocycles. The van der Waals surface area contributed by atoms with Gasteiger partial charge in [-0.2, -0.15) is 0 Å². The Hall–Kier alpha value is -0.773. The van der Waals surface area contributed by atoms with Crippen LogP contribution < -0.4 is 0 Å². The monoisotopic (exact) mass is 188 g/mol. The van der Waals surface area contributed by atoms with Crippen molar-refractivity contribution in [2.45, 2.75) is 19.4 Å². The van der Waals surface area contributed by atoms with Crippen molar-refractivity contribution >= 4 is 16.2 Å². The van der Waals surface area contributed by atoms with E-state index in [4.69, 9.17) is 4.74 Å². The fourth-order valence-corrected chi connectivity index (χ4v) is 0.937. The third-order valence-electron chi connectivity index (χ3n) is 1.35. The summed E-state index contributed by atoms with van der Waals surface area (Å²) in [5.74, 6) is -0.285. The Bertz CT molecular complexity index is 166. The molecular formula is C8H16O3Si. The van der Waals surface area contributed by atoms with Gasteiger partial charge in [-0.3, -0.25) is 0 Å². The van der Waals surface area contributed by atoms with E-state index in [9.17, 15) is 4.79 Å². The Morgan fingerprint density at radius 2 is 2.25 bits per heavy atom. The number of methoxy groups -OCH3 is 1. The molecule has 0 bridgehead atoms. The van der Waals surface area contributed by atoms with Crippen LogP contribution in [0.2, 0.25) is 6.04 Å². The van der Waals surface area contributed by atoms with Crippen molar-refractivity contribution in [1.82, 2.24) is 0 Å². The molecule has 0 fully saturated rings. The Morgan fingerprint density at radius 1 is 1.58 bits per heavy atom. The van der Waals surface area contributed by atoms with Crippen molar-refractivity contribution in [2.75, 3.05) is 13.7 Å². The van der Waals surface area contributed by atoms with Crippen molar-refractivity contribution in [3.63, 3.8) is 0 Å². The highest BCUT2D eigenvalue weighted by molar-refractivity contribution is 6.08. The summed E-state index contributed by atoms with van der Waals surface area (Å²) in [5.41, 5.74) is 0.505. The van der Waals surface area contributed by atoms with Crippen molar-refractivity contribution in [3.8, 4) is 0 Å². The van der Waals surface area contributed by atoms with Gasteiger partial charge in [-0.25, -0.2) is 4.79 Å². The zero-order valence-electron chi connectivity index (χ0n) is 7.92. The molecule has 0 saturated carbocycles. The molecule has 4 heteroatoms. The minimum Gasteiger partial charge on any atom is -0.504 e. The smallest absolute Gasteiger partial charge is 0.336 e. The van der Waals surface area contributed by atoms with E-state index >= 15 is 0 Å². The lowest BCUT2D eigenvalue weighted by molar-refractivity contribution is -0.139. The van der Waals surface area contributed by atoms with E-state index in [1.54, 1.807) is 6.92 Å². The van der Waals surface area contributed by atoms with Crippen LogP contribution >= 0.6 is 0 Å². The van der Waals surface area contributed by atoms with Crippen LogP contribution in [0.3, 0.4) is 0 Å². The van der Waals surface area contributed by atoms with E-state index in [-0.39, 0.29) is 5.97 Å². The van der Waals surface area contributed by atoms with Gasteiger partial charge in [-0.15, -0.1) is 0 Å². The topological polar surface area (TPSA) is 35.5 Å². The average Bonchev–Trinajstić information content (AvgIpc) is 2.05. The summed E-state index contributed by atoms with van der Waals surface area (Å²) in [6.07, 6.45) is 2.36. The van der Waals surface area contributed by atoms with E-state index < -0.39 is 0 Å². The first kappa shape index (κ1) is 11.2. The van der Waals surface area contributed by atoms with Crippen molar-refractivity contribution in [3.05, 3.63) is 11.8 Å². The maximum absolute atomic E-state index is 11.0. The van der Waals surface area contributed by atoms with Gasteiger partial charge in [0.2, 0.25) is 0 Å². The standard InChI is InChI=1S/C8H16O3Si/c1-7(6-10-2)8(9)11-4-3-5-12/h6H,3-5H2,1-2,12H3. The molecule has 0 atom stereocenters. The van der Waals surface area contributed by atoms with E-state index in [0.29, 0.717) is 12.2 Å². The van der Waals surface area contributed by atoms with Gasteiger partial charge >= 0.3 is 5.97 Å². The number of carbonyl (C=O) groups excluding carboxylic acids is 1. The first-order valence-electron chi connectivity index (χ1n) is 4.09. The Labute approximate surface area is 76.2 Å². The zero-order valence-corrected chi connectivity index (χ0v) is 9.92. The number of hydrogen-bond donors (Lipinski definition) is 0. The molecule has 0 aromatic rings. The molecule has 0 heterocycles. The molecule has 0 radical (unpaired) electrons. The second kappa shape index (κ2) is 6.91. The third-order valence-corrected chi connectivity index (χ3v) is 2.05. The normalized spacial score (nSPS) is 11.3. The Morgan fingerprint density at radius 3 is 2.75 bits per heavy atom. The van der Waals surface area contributed by atoms with Crippen LogP contribution in [0.4, 0.5) is 0 Å². The molecule has 0 spiro atoms. The van der Waals surface area contributed by atoms with Gasteiger partial charge in [0.15, 0.2) is 0 Å². The second-order valence-corrected chi connectivity index (χ2v) is 3.53. The average molecular weight is 188 g/mol. The second-order valence-electron chi connectivity index (χ2n) is 2.53. The third kappa shape index (κ3) is 4.95. The number of esters is 1. The summed E-state index contributed by atoms with van der Waals surface area (Å²) >= 11 is 0. The maximum Gasteiger partial charge on any atom is 0.336 e. The number of carbonyl (C=O) groups is 1. The Kier molecular flexibility index (Phi) is 6.46. The van der Waals surface area contributed by atoms with Gasteiger partial charge in [0, 0.05) is 10.2 Å². The van der Waals surface area contributed by atoms with Gasteiger partial charge in [-0.05, 0) is 13.3 Å². The fourth-order valence-electron chi connectivity index (χ4n) is 0.648. The lowest BCUT2D eigenvalue weighted by Gasteiger charge is -2.02. The molecule has 0 aromatic carbocycles. The van der Waals surface area contributed by atoms with Crippen LogP contribution in [0.1, 0.15) is 13.3 Å². The minimum absolute atomic E-state index is 0.285. The van der Waals surface area contributed by atoms with E-state index in [1.165, 1.54) is 29.7 Å². The predicted octanol–water partition coefficient (Wildman–Crippen LogP) is 0.254. The highest BCUT2D eigenvalue weighted by atomic mass is 28.1. The van der Waals surface area contributed by atoms with Crippen LogP contribution in [0, 0.1) is 0 Å². The summed E-state index contributed by atoms with van der Waals surface area (Å²) in [5, 5.41) is 0. The van der Waals surface area contributed by atoms with Crippen LogP contribution in [-0.4, -0.2) is 29.9 Å². The molecular weight excluding hydrogens is 172 g/mol. The quantitative estimate of drug-likeness (QED) is 0.204. The largest absolute Gasteiger partial charge is 0.504 e. The molecule has 0 aliphatic carbocycles.